The van der Waals surface area contributed by atoms with Crippen LogP contribution in [0.2, 0.25) is 0 Å². The van der Waals surface area contributed by atoms with E-state index in [1.54, 1.807) is 24.2 Å². The molecule has 0 unspecified atom stereocenters. The van der Waals surface area contributed by atoms with E-state index in [1.807, 2.05) is 10.9 Å². The quantitative estimate of drug-likeness (QED) is 0.417. The van der Waals surface area contributed by atoms with E-state index in [4.69, 9.17) is 5.10 Å². The third-order valence-electron chi connectivity index (χ3n) is 7.01. The van der Waals surface area contributed by atoms with Crippen molar-refractivity contribution in [1.29, 1.82) is 0 Å². The van der Waals surface area contributed by atoms with Crippen LogP contribution in [0.25, 0.3) is 33.3 Å². The summed E-state index contributed by atoms with van der Waals surface area (Å²) in [5.41, 5.74) is 1.45. The second-order valence-corrected chi connectivity index (χ2v) is 9.41. The molecule has 6 heterocycles. The highest BCUT2D eigenvalue weighted by atomic mass is 19.4. The maximum absolute atomic E-state index is 13.9. The third kappa shape index (κ3) is 3.85. The Morgan fingerprint density at radius 3 is 2.64 bits per heavy atom. The number of rotatable bonds is 1. The number of aromatic amines is 1. The zero-order valence-corrected chi connectivity index (χ0v) is 19.6. The molecule has 6 rings (SSSR count). The molecule has 0 atom stereocenters. The average Bonchev–Trinajstić information content (AvgIpc) is 3.59. The number of fused-ring (bicyclic) bond motifs is 6. The number of carbonyl (C=O) groups is 1. The predicted molar refractivity (Wildman–Crippen MR) is 126 cm³/mol. The highest BCUT2D eigenvalue weighted by Crippen LogP contribution is 2.40. The van der Waals surface area contributed by atoms with Gasteiger partial charge in [-0.1, -0.05) is 0 Å². The van der Waals surface area contributed by atoms with E-state index >= 15 is 0 Å². The van der Waals surface area contributed by atoms with Crippen molar-refractivity contribution in [3.63, 3.8) is 0 Å². The van der Waals surface area contributed by atoms with Gasteiger partial charge in [0.15, 0.2) is 11.4 Å². The van der Waals surface area contributed by atoms with E-state index in [2.05, 4.69) is 20.4 Å². The third-order valence-corrected chi connectivity index (χ3v) is 7.01. The number of nitrogens with one attached hydrogen (secondary N) is 2. The summed E-state index contributed by atoms with van der Waals surface area (Å²) in [6, 6.07) is 1.94. The molecule has 4 aromatic heterocycles. The molecule has 0 saturated carbocycles. The second kappa shape index (κ2) is 8.47. The van der Waals surface area contributed by atoms with Crippen molar-refractivity contribution < 1.29 is 18.0 Å². The lowest BCUT2D eigenvalue weighted by atomic mass is 10.0. The summed E-state index contributed by atoms with van der Waals surface area (Å²) in [5, 5.41) is 12.4. The zero-order chi connectivity index (χ0) is 25.0. The Hall–Kier alpha value is -3.67. The lowest BCUT2D eigenvalue weighted by Gasteiger charge is -2.22. The van der Waals surface area contributed by atoms with Crippen LogP contribution in [-0.2, 0) is 12.7 Å². The fourth-order valence-corrected chi connectivity index (χ4v) is 5.09. The summed E-state index contributed by atoms with van der Waals surface area (Å²) in [6.07, 6.45) is 4.08. The molecule has 1 saturated heterocycles. The minimum absolute atomic E-state index is 0.000172. The Kier molecular flexibility index (Phi) is 5.36. The number of carbonyl (C=O) groups excluding carboxylic acids is 1. The highest BCUT2D eigenvalue weighted by molar-refractivity contribution is 6.01. The summed E-state index contributed by atoms with van der Waals surface area (Å²) in [6.45, 7) is 2.33. The van der Waals surface area contributed by atoms with Crippen LogP contribution in [0.15, 0.2) is 30.9 Å². The molecule has 36 heavy (non-hydrogen) atoms. The second-order valence-electron chi connectivity index (χ2n) is 9.41. The maximum Gasteiger partial charge on any atom is 0.435 e. The molecule has 188 valence electrons. The number of H-pyrrole nitrogens is 1. The number of piperidine rings is 1. The van der Waals surface area contributed by atoms with Crippen molar-refractivity contribution in [3.8, 4) is 22.3 Å². The molecule has 2 aliphatic heterocycles. The normalized spacial score (nSPS) is 17.6. The van der Waals surface area contributed by atoms with Gasteiger partial charge >= 0.3 is 6.18 Å². The van der Waals surface area contributed by atoms with Gasteiger partial charge < -0.3 is 15.2 Å². The first-order chi connectivity index (χ1) is 17.3. The number of halogens is 3. The molecule has 4 bridgehead atoms. The molecule has 0 aromatic carbocycles. The molecule has 1 fully saturated rings. The SMILES string of the molecule is CN1CCCn2cc(c(C(F)(F)F)n2)-c2c[nH]c3ncc(cc23)-c2cn(C3CCNCC3)nc2C1=O. The first-order valence-electron chi connectivity index (χ1n) is 12.0. The lowest BCUT2D eigenvalue weighted by molar-refractivity contribution is -0.141. The van der Waals surface area contributed by atoms with E-state index < -0.39 is 11.9 Å². The van der Waals surface area contributed by atoms with Crippen LogP contribution in [-0.4, -0.2) is 67.0 Å². The van der Waals surface area contributed by atoms with Gasteiger partial charge in [-0.05, 0) is 38.4 Å². The average molecular weight is 499 g/mol. The van der Waals surface area contributed by atoms with Crippen LogP contribution in [0.1, 0.15) is 41.5 Å². The van der Waals surface area contributed by atoms with Crippen LogP contribution < -0.4 is 5.32 Å². The molecule has 12 heteroatoms. The smallest absolute Gasteiger partial charge is 0.346 e. The van der Waals surface area contributed by atoms with Crippen molar-refractivity contribution in [2.45, 2.75) is 38.0 Å². The zero-order valence-electron chi connectivity index (χ0n) is 19.6. The molecule has 9 nitrogen and oxygen atoms in total. The van der Waals surface area contributed by atoms with Gasteiger partial charge in [0.2, 0.25) is 0 Å². The van der Waals surface area contributed by atoms with Gasteiger partial charge in [0.05, 0.1) is 6.04 Å². The van der Waals surface area contributed by atoms with Gasteiger partial charge in [-0.15, -0.1) is 0 Å². The lowest BCUT2D eigenvalue weighted by Crippen LogP contribution is -2.31. The molecule has 4 aromatic rings. The van der Waals surface area contributed by atoms with Crippen molar-refractivity contribution in [2.75, 3.05) is 26.7 Å². The summed E-state index contributed by atoms with van der Waals surface area (Å²) < 4.78 is 44.9. The van der Waals surface area contributed by atoms with Gasteiger partial charge in [-0.25, -0.2) is 4.98 Å². The van der Waals surface area contributed by atoms with Gasteiger partial charge in [0.1, 0.15) is 5.65 Å². The summed E-state index contributed by atoms with van der Waals surface area (Å²) >= 11 is 0. The molecule has 0 radical (unpaired) electrons. The fraction of sp³-hybridized carbons (Fsp3) is 0.417. The van der Waals surface area contributed by atoms with Gasteiger partial charge in [-0.2, -0.15) is 23.4 Å². The van der Waals surface area contributed by atoms with Crippen LogP contribution in [0.3, 0.4) is 0 Å². The first kappa shape index (κ1) is 22.8. The van der Waals surface area contributed by atoms with Gasteiger partial charge in [0, 0.05) is 72.6 Å². The van der Waals surface area contributed by atoms with Gasteiger partial charge in [0.25, 0.3) is 5.91 Å². The van der Waals surface area contributed by atoms with Crippen LogP contribution in [0, 0.1) is 0 Å². The molecule has 0 spiro atoms. The predicted octanol–water partition coefficient (Wildman–Crippen LogP) is 3.71. The first-order valence-corrected chi connectivity index (χ1v) is 12.0. The van der Waals surface area contributed by atoms with Crippen LogP contribution >= 0.6 is 0 Å². The summed E-state index contributed by atoms with van der Waals surface area (Å²) in [5.74, 6) is -0.235. The Balaban J connectivity index is 1.56. The number of amides is 1. The number of nitrogens with zero attached hydrogens (tertiary/aromatic N) is 6. The van der Waals surface area contributed by atoms with Crippen molar-refractivity contribution in [1.82, 2.24) is 39.7 Å². The Morgan fingerprint density at radius 2 is 1.86 bits per heavy atom. The van der Waals surface area contributed by atoms with Crippen molar-refractivity contribution >= 4 is 16.9 Å². The van der Waals surface area contributed by atoms with Gasteiger partial charge in [-0.3, -0.25) is 14.2 Å². The minimum atomic E-state index is -4.61. The Morgan fingerprint density at radius 1 is 1.06 bits per heavy atom. The monoisotopic (exact) mass is 498 g/mol. The standard InChI is InChI=1S/C24H25F3N8O/c1-33-7-2-8-34-12-19(21(32-34)24(25,26)27)17-11-30-22-16(17)9-14(10-29-22)18-13-35(31-20(18)23(33)36)15-3-5-28-6-4-15/h9-13,15,28H,2-8H2,1H3,(H,29,30). The summed E-state index contributed by atoms with van der Waals surface area (Å²) in [7, 11) is 1.68. The fourth-order valence-electron chi connectivity index (χ4n) is 5.09. The van der Waals surface area contributed by atoms with Crippen LogP contribution in [0.4, 0.5) is 13.2 Å². The number of alkyl halides is 3. The number of hydrogen-bond acceptors (Lipinski definition) is 5. The Bertz CT molecular complexity index is 1440. The van der Waals surface area contributed by atoms with Crippen molar-refractivity contribution in [2.24, 2.45) is 0 Å². The minimum Gasteiger partial charge on any atom is -0.346 e. The molecule has 1 amide bonds. The molecule has 2 N–H and O–H groups in total. The molecule has 2 aliphatic rings. The number of aromatic nitrogens is 6. The maximum atomic E-state index is 13.9. The largest absolute Gasteiger partial charge is 0.435 e. The van der Waals surface area contributed by atoms with Crippen molar-refractivity contribution in [3.05, 3.63) is 42.2 Å². The highest BCUT2D eigenvalue weighted by Gasteiger charge is 2.38. The topological polar surface area (TPSA) is 96.7 Å². The summed E-state index contributed by atoms with van der Waals surface area (Å²) in [4.78, 5) is 22.5. The molecular formula is C24H25F3N8O. The number of hydrogen-bond donors (Lipinski definition) is 2. The van der Waals surface area contributed by atoms with E-state index in [0.717, 1.165) is 25.9 Å². The molecule has 0 aliphatic carbocycles. The van der Waals surface area contributed by atoms with E-state index in [0.29, 0.717) is 46.4 Å². The van der Waals surface area contributed by atoms with E-state index in [9.17, 15) is 18.0 Å². The van der Waals surface area contributed by atoms with E-state index in [1.165, 1.54) is 17.1 Å². The number of aryl methyl sites for hydroxylation is 1. The Labute approximate surface area is 204 Å². The molecular weight excluding hydrogens is 473 g/mol. The van der Waals surface area contributed by atoms with Crippen LogP contribution in [0.5, 0.6) is 0 Å². The number of pyridine rings is 1. The van der Waals surface area contributed by atoms with E-state index in [-0.39, 0.29) is 24.1 Å².